The maximum Gasteiger partial charge on any atom is 0.107 e. The molecular formula is C26H32N4S. The molecule has 0 N–H and O–H groups in total. The van der Waals surface area contributed by atoms with Gasteiger partial charge >= 0.3 is 0 Å². The third-order valence-corrected chi connectivity index (χ3v) is 7.58. The predicted octanol–water partition coefficient (Wildman–Crippen LogP) is 4.91. The summed E-state index contributed by atoms with van der Waals surface area (Å²) in [4.78, 5) is 12.8. The number of anilines is 1. The molecule has 4 nitrogen and oxygen atoms in total. The van der Waals surface area contributed by atoms with Crippen molar-refractivity contribution in [1.82, 2.24) is 14.8 Å². The molecule has 2 aromatic carbocycles. The number of hydrogen-bond acceptors (Lipinski definition) is 5. The number of benzene rings is 2. The lowest BCUT2D eigenvalue weighted by Gasteiger charge is -2.44. The summed E-state index contributed by atoms with van der Waals surface area (Å²) in [6.45, 7) is 10.2. The van der Waals surface area contributed by atoms with Crippen LogP contribution in [0.25, 0.3) is 11.3 Å². The molecule has 2 aliphatic heterocycles. The molecule has 162 valence electrons. The highest BCUT2D eigenvalue weighted by atomic mass is 32.1. The second kappa shape index (κ2) is 9.51. The van der Waals surface area contributed by atoms with E-state index in [1.165, 1.54) is 60.8 Å². The van der Waals surface area contributed by atoms with Gasteiger partial charge in [-0.25, -0.2) is 4.98 Å². The van der Waals surface area contributed by atoms with Crippen LogP contribution >= 0.6 is 11.3 Å². The van der Waals surface area contributed by atoms with Crippen LogP contribution in [0.5, 0.6) is 0 Å². The number of nitrogens with zero attached hydrogens (tertiary/aromatic N) is 4. The Labute approximate surface area is 190 Å². The molecule has 0 spiro atoms. The van der Waals surface area contributed by atoms with Crippen molar-refractivity contribution in [3.63, 3.8) is 0 Å². The van der Waals surface area contributed by atoms with E-state index in [2.05, 4.69) is 81.6 Å². The Morgan fingerprint density at radius 2 is 1.71 bits per heavy atom. The lowest BCUT2D eigenvalue weighted by molar-refractivity contribution is 0.0887. The smallest absolute Gasteiger partial charge is 0.107 e. The Kier molecular flexibility index (Phi) is 6.35. The molecule has 2 saturated heterocycles. The molecule has 0 unspecified atom stereocenters. The van der Waals surface area contributed by atoms with Gasteiger partial charge in [0.1, 0.15) is 5.01 Å². The molecular weight excluding hydrogens is 400 g/mol. The van der Waals surface area contributed by atoms with Gasteiger partial charge in [-0.1, -0.05) is 48.5 Å². The normalized spacial score (nSPS) is 20.8. The average molecular weight is 433 g/mol. The van der Waals surface area contributed by atoms with E-state index < -0.39 is 0 Å². The van der Waals surface area contributed by atoms with E-state index in [4.69, 9.17) is 4.98 Å². The largest absolute Gasteiger partial charge is 0.369 e. The summed E-state index contributed by atoms with van der Waals surface area (Å²) in [7, 11) is 0. The summed E-state index contributed by atoms with van der Waals surface area (Å²) in [5, 5.41) is 3.44. The van der Waals surface area contributed by atoms with Crippen molar-refractivity contribution in [2.45, 2.75) is 32.4 Å². The van der Waals surface area contributed by atoms with Gasteiger partial charge in [0, 0.05) is 55.4 Å². The van der Waals surface area contributed by atoms with E-state index in [1.807, 2.05) is 0 Å². The fourth-order valence-electron chi connectivity index (χ4n) is 5.04. The first kappa shape index (κ1) is 20.7. The van der Waals surface area contributed by atoms with E-state index >= 15 is 0 Å². The quantitative estimate of drug-likeness (QED) is 0.572. The lowest BCUT2D eigenvalue weighted by Crippen LogP contribution is -2.55. The fraction of sp³-hybridized carbons (Fsp3) is 0.423. The molecule has 2 aliphatic rings. The number of aryl methyl sites for hydroxylation is 1. The molecule has 0 radical (unpaired) electrons. The van der Waals surface area contributed by atoms with Crippen molar-refractivity contribution in [2.24, 2.45) is 0 Å². The number of piperidine rings is 1. The van der Waals surface area contributed by atoms with Crippen molar-refractivity contribution in [2.75, 3.05) is 44.2 Å². The molecule has 0 amide bonds. The van der Waals surface area contributed by atoms with E-state index in [1.54, 1.807) is 11.3 Å². The Balaban J connectivity index is 1.16. The van der Waals surface area contributed by atoms with Gasteiger partial charge in [0.2, 0.25) is 0 Å². The second-order valence-corrected chi connectivity index (χ2v) is 9.78. The first-order valence-corrected chi connectivity index (χ1v) is 12.4. The highest BCUT2D eigenvalue weighted by Crippen LogP contribution is 2.26. The van der Waals surface area contributed by atoms with Gasteiger partial charge in [-0.15, -0.1) is 11.3 Å². The summed E-state index contributed by atoms with van der Waals surface area (Å²) in [5.74, 6) is 0. The van der Waals surface area contributed by atoms with Crippen LogP contribution < -0.4 is 4.90 Å². The van der Waals surface area contributed by atoms with Crippen molar-refractivity contribution < 1.29 is 0 Å². The van der Waals surface area contributed by atoms with E-state index in [-0.39, 0.29) is 0 Å². The molecule has 1 atom stereocenters. The van der Waals surface area contributed by atoms with Crippen LogP contribution in [0.2, 0.25) is 0 Å². The van der Waals surface area contributed by atoms with Crippen LogP contribution in [0.15, 0.2) is 60.0 Å². The minimum absolute atomic E-state index is 0.682. The third-order valence-electron chi connectivity index (χ3n) is 6.75. The fourth-order valence-corrected chi connectivity index (χ4v) is 5.88. The van der Waals surface area contributed by atoms with Crippen molar-refractivity contribution in [3.05, 3.63) is 70.5 Å². The molecule has 1 aromatic heterocycles. The number of aromatic nitrogens is 1. The predicted molar refractivity (Wildman–Crippen MR) is 131 cm³/mol. The summed E-state index contributed by atoms with van der Waals surface area (Å²) >= 11 is 1.80. The van der Waals surface area contributed by atoms with E-state index in [0.29, 0.717) is 6.04 Å². The highest BCUT2D eigenvalue weighted by molar-refractivity contribution is 7.09. The zero-order valence-electron chi connectivity index (χ0n) is 18.4. The van der Waals surface area contributed by atoms with Crippen LogP contribution in [0.4, 0.5) is 5.69 Å². The zero-order valence-corrected chi connectivity index (χ0v) is 19.2. The molecule has 0 aliphatic carbocycles. The Hall–Kier alpha value is -2.21. The number of hydrogen-bond donors (Lipinski definition) is 0. The van der Waals surface area contributed by atoms with Crippen LogP contribution in [0, 0.1) is 6.92 Å². The minimum atomic E-state index is 0.682. The average Bonchev–Trinajstić information content (AvgIpc) is 3.29. The number of thiazole rings is 1. The Morgan fingerprint density at radius 1 is 0.935 bits per heavy atom. The first-order valence-electron chi connectivity index (χ1n) is 11.5. The molecule has 3 heterocycles. The minimum Gasteiger partial charge on any atom is -0.369 e. The van der Waals surface area contributed by atoms with Gasteiger partial charge < -0.3 is 4.90 Å². The van der Waals surface area contributed by atoms with Crippen molar-refractivity contribution in [1.29, 1.82) is 0 Å². The number of likely N-dealkylation sites (tertiary alicyclic amines) is 1. The molecule has 31 heavy (non-hydrogen) atoms. The monoisotopic (exact) mass is 432 g/mol. The molecule has 0 bridgehead atoms. The SMILES string of the molecule is Cc1ccccc1N1CCN([C@@H]2CCCN(Cc3nc(-c4ccccc4)cs3)C2)CC1. The third kappa shape index (κ3) is 4.84. The molecule has 5 heteroatoms. The summed E-state index contributed by atoms with van der Waals surface area (Å²) in [6.07, 6.45) is 2.62. The Morgan fingerprint density at radius 3 is 2.52 bits per heavy atom. The zero-order chi connectivity index (χ0) is 21.0. The first-order chi connectivity index (χ1) is 15.3. The maximum absolute atomic E-state index is 4.92. The van der Waals surface area contributed by atoms with Crippen molar-refractivity contribution in [3.8, 4) is 11.3 Å². The summed E-state index contributed by atoms with van der Waals surface area (Å²) < 4.78 is 0. The number of piperazine rings is 1. The highest BCUT2D eigenvalue weighted by Gasteiger charge is 2.28. The standard InChI is InChI=1S/C26H32N4S/c1-21-8-5-6-12-25(21)30-16-14-29(15-17-30)23-11-7-13-28(18-23)19-26-27-24(20-31-26)22-9-3-2-4-10-22/h2-6,8-10,12,20,23H,7,11,13-19H2,1H3/t23-/m1/s1. The summed E-state index contributed by atoms with van der Waals surface area (Å²) in [5.41, 5.74) is 5.12. The van der Waals surface area contributed by atoms with Crippen LogP contribution in [0.3, 0.4) is 0 Å². The van der Waals surface area contributed by atoms with Crippen LogP contribution in [0.1, 0.15) is 23.4 Å². The maximum atomic E-state index is 4.92. The number of rotatable bonds is 5. The second-order valence-electron chi connectivity index (χ2n) is 8.83. The number of para-hydroxylation sites is 1. The van der Waals surface area contributed by atoms with Gasteiger partial charge in [-0.05, 0) is 37.9 Å². The summed E-state index contributed by atoms with van der Waals surface area (Å²) in [6, 6.07) is 20.0. The molecule has 3 aromatic rings. The van der Waals surface area contributed by atoms with Gasteiger partial charge in [0.15, 0.2) is 0 Å². The van der Waals surface area contributed by atoms with E-state index in [0.717, 1.165) is 25.3 Å². The molecule has 0 saturated carbocycles. The van der Waals surface area contributed by atoms with Gasteiger partial charge in [0.05, 0.1) is 12.2 Å². The van der Waals surface area contributed by atoms with Gasteiger partial charge in [-0.3, -0.25) is 9.80 Å². The van der Waals surface area contributed by atoms with E-state index in [9.17, 15) is 0 Å². The van der Waals surface area contributed by atoms with Gasteiger partial charge in [-0.2, -0.15) is 0 Å². The van der Waals surface area contributed by atoms with Crippen LogP contribution in [-0.2, 0) is 6.54 Å². The lowest BCUT2D eigenvalue weighted by atomic mass is 10.0. The van der Waals surface area contributed by atoms with Crippen molar-refractivity contribution >= 4 is 17.0 Å². The van der Waals surface area contributed by atoms with Gasteiger partial charge in [0.25, 0.3) is 0 Å². The molecule has 2 fully saturated rings. The Bertz CT molecular complexity index is 978. The molecule has 5 rings (SSSR count). The van der Waals surface area contributed by atoms with Crippen LogP contribution in [-0.4, -0.2) is 60.1 Å². The topological polar surface area (TPSA) is 22.6 Å².